The Labute approximate surface area is 98.1 Å². The van der Waals surface area contributed by atoms with E-state index in [9.17, 15) is 0 Å². The molecule has 2 N–H and O–H groups in total. The SMILES string of the molecule is CN(C1CCOC1)C1(CN)CCCOCC1. The monoisotopic (exact) mass is 228 g/mol. The molecule has 94 valence electrons. The minimum absolute atomic E-state index is 0.134. The molecule has 0 radical (unpaired) electrons. The largest absolute Gasteiger partial charge is 0.381 e. The molecule has 2 aliphatic rings. The van der Waals surface area contributed by atoms with Gasteiger partial charge in [-0.3, -0.25) is 4.90 Å². The molecule has 0 spiro atoms. The highest BCUT2D eigenvalue weighted by Crippen LogP contribution is 2.30. The first-order valence-corrected chi connectivity index (χ1v) is 6.37. The number of rotatable bonds is 3. The summed E-state index contributed by atoms with van der Waals surface area (Å²) in [7, 11) is 2.21. The zero-order chi connectivity index (χ0) is 11.4. The fraction of sp³-hybridized carbons (Fsp3) is 1.00. The molecule has 2 fully saturated rings. The zero-order valence-electron chi connectivity index (χ0n) is 10.3. The van der Waals surface area contributed by atoms with Crippen molar-refractivity contribution < 1.29 is 9.47 Å². The lowest BCUT2D eigenvalue weighted by molar-refractivity contribution is 0.0471. The van der Waals surface area contributed by atoms with Gasteiger partial charge < -0.3 is 15.2 Å². The molecule has 2 saturated heterocycles. The molecule has 0 bridgehead atoms. The predicted molar refractivity (Wildman–Crippen MR) is 63.4 cm³/mol. The number of hydrogen-bond donors (Lipinski definition) is 1. The van der Waals surface area contributed by atoms with E-state index in [1.54, 1.807) is 0 Å². The zero-order valence-corrected chi connectivity index (χ0v) is 10.3. The Kier molecular flexibility index (Phi) is 4.19. The van der Waals surface area contributed by atoms with Gasteiger partial charge >= 0.3 is 0 Å². The molecule has 2 aliphatic heterocycles. The Morgan fingerprint density at radius 1 is 1.25 bits per heavy atom. The van der Waals surface area contributed by atoms with E-state index in [0.717, 1.165) is 58.7 Å². The van der Waals surface area contributed by atoms with E-state index in [2.05, 4.69) is 11.9 Å². The van der Waals surface area contributed by atoms with Crippen molar-refractivity contribution in [2.45, 2.75) is 37.3 Å². The topological polar surface area (TPSA) is 47.7 Å². The molecule has 4 nitrogen and oxygen atoms in total. The summed E-state index contributed by atoms with van der Waals surface area (Å²) in [6.07, 6.45) is 4.46. The van der Waals surface area contributed by atoms with E-state index in [1.165, 1.54) is 0 Å². The summed E-state index contributed by atoms with van der Waals surface area (Å²) >= 11 is 0. The second-order valence-electron chi connectivity index (χ2n) is 5.02. The predicted octanol–water partition coefficient (Wildman–Crippen LogP) is 0.605. The Balaban J connectivity index is 2.05. The molecule has 0 aromatic rings. The fourth-order valence-corrected chi connectivity index (χ4v) is 2.91. The summed E-state index contributed by atoms with van der Waals surface area (Å²) in [6.45, 7) is 4.21. The normalized spacial score (nSPS) is 36.6. The van der Waals surface area contributed by atoms with Gasteiger partial charge in [0.15, 0.2) is 0 Å². The minimum Gasteiger partial charge on any atom is -0.381 e. The molecule has 0 amide bonds. The average Bonchev–Trinajstić information content (AvgIpc) is 2.73. The van der Waals surface area contributed by atoms with Gasteiger partial charge in [-0.25, -0.2) is 0 Å². The third-order valence-corrected chi connectivity index (χ3v) is 4.22. The second-order valence-corrected chi connectivity index (χ2v) is 5.02. The van der Waals surface area contributed by atoms with Gasteiger partial charge in [0.2, 0.25) is 0 Å². The summed E-state index contributed by atoms with van der Waals surface area (Å²) in [5.74, 6) is 0. The van der Waals surface area contributed by atoms with Gasteiger partial charge in [-0.2, -0.15) is 0 Å². The number of ether oxygens (including phenoxy) is 2. The van der Waals surface area contributed by atoms with Crippen molar-refractivity contribution >= 4 is 0 Å². The van der Waals surface area contributed by atoms with Crippen LogP contribution in [0.5, 0.6) is 0 Å². The first-order chi connectivity index (χ1) is 7.78. The van der Waals surface area contributed by atoms with Gasteiger partial charge in [0.05, 0.1) is 6.61 Å². The maximum Gasteiger partial charge on any atom is 0.0622 e. The van der Waals surface area contributed by atoms with Crippen molar-refractivity contribution in [1.82, 2.24) is 4.90 Å². The van der Waals surface area contributed by atoms with E-state index in [0.29, 0.717) is 6.04 Å². The summed E-state index contributed by atoms with van der Waals surface area (Å²) < 4.78 is 11.0. The minimum atomic E-state index is 0.134. The molecule has 0 aliphatic carbocycles. The van der Waals surface area contributed by atoms with Crippen LogP contribution in [-0.4, -0.2) is 56.5 Å². The molecule has 0 saturated carbocycles. The third kappa shape index (κ3) is 2.40. The third-order valence-electron chi connectivity index (χ3n) is 4.22. The van der Waals surface area contributed by atoms with Crippen LogP contribution in [0.3, 0.4) is 0 Å². The smallest absolute Gasteiger partial charge is 0.0622 e. The van der Waals surface area contributed by atoms with E-state index in [-0.39, 0.29) is 5.54 Å². The van der Waals surface area contributed by atoms with Crippen LogP contribution in [0.15, 0.2) is 0 Å². The number of nitrogens with zero attached hydrogens (tertiary/aromatic N) is 1. The lowest BCUT2D eigenvalue weighted by Crippen LogP contribution is -2.56. The van der Waals surface area contributed by atoms with Crippen molar-refractivity contribution in [3.05, 3.63) is 0 Å². The summed E-state index contributed by atoms with van der Waals surface area (Å²) in [5, 5.41) is 0. The second kappa shape index (κ2) is 5.45. The van der Waals surface area contributed by atoms with Crippen LogP contribution < -0.4 is 5.73 Å². The molecule has 16 heavy (non-hydrogen) atoms. The summed E-state index contributed by atoms with van der Waals surface area (Å²) in [6, 6.07) is 0.543. The Morgan fingerprint density at radius 2 is 2.12 bits per heavy atom. The van der Waals surface area contributed by atoms with Crippen LogP contribution in [0.4, 0.5) is 0 Å². The maximum atomic E-state index is 6.04. The van der Waals surface area contributed by atoms with Crippen molar-refractivity contribution in [3.63, 3.8) is 0 Å². The van der Waals surface area contributed by atoms with Gasteiger partial charge in [-0.05, 0) is 32.7 Å². The van der Waals surface area contributed by atoms with Crippen molar-refractivity contribution in [1.29, 1.82) is 0 Å². The highest BCUT2D eigenvalue weighted by Gasteiger charge is 2.38. The van der Waals surface area contributed by atoms with Crippen molar-refractivity contribution in [3.8, 4) is 0 Å². The van der Waals surface area contributed by atoms with Crippen molar-refractivity contribution in [2.75, 3.05) is 40.0 Å². The molecular formula is C12H24N2O2. The Hall–Kier alpha value is -0.160. The maximum absolute atomic E-state index is 6.04. The van der Waals surface area contributed by atoms with Crippen LogP contribution in [0.1, 0.15) is 25.7 Å². The number of likely N-dealkylation sites (N-methyl/N-ethyl adjacent to an activating group) is 1. The van der Waals surface area contributed by atoms with Crippen molar-refractivity contribution in [2.24, 2.45) is 5.73 Å². The van der Waals surface area contributed by atoms with E-state index < -0.39 is 0 Å². The molecule has 0 aromatic heterocycles. The molecule has 2 atom stereocenters. The molecule has 2 rings (SSSR count). The highest BCUT2D eigenvalue weighted by molar-refractivity contribution is 4.95. The van der Waals surface area contributed by atoms with E-state index in [4.69, 9.17) is 15.2 Å². The van der Waals surface area contributed by atoms with Gasteiger partial charge in [0.1, 0.15) is 0 Å². The summed E-state index contributed by atoms with van der Waals surface area (Å²) in [4.78, 5) is 2.47. The molecule has 4 heteroatoms. The Bertz CT molecular complexity index is 209. The standard InChI is InChI=1S/C12H24N2O2/c1-14(11-3-7-16-9-11)12(10-13)4-2-6-15-8-5-12/h11H,2-10,13H2,1H3. The molecular weight excluding hydrogens is 204 g/mol. The van der Waals surface area contributed by atoms with Crippen LogP contribution in [0, 0.1) is 0 Å². The summed E-state index contributed by atoms with van der Waals surface area (Å²) in [5.41, 5.74) is 6.17. The van der Waals surface area contributed by atoms with Crippen LogP contribution in [0.25, 0.3) is 0 Å². The lowest BCUT2D eigenvalue weighted by atomic mass is 9.87. The molecule has 0 aromatic carbocycles. The van der Waals surface area contributed by atoms with Crippen LogP contribution in [0.2, 0.25) is 0 Å². The van der Waals surface area contributed by atoms with Crippen LogP contribution in [-0.2, 0) is 9.47 Å². The lowest BCUT2D eigenvalue weighted by Gasteiger charge is -2.43. The number of hydrogen-bond acceptors (Lipinski definition) is 4. The van der Waals surface area contributed by atoms with Gasteiger partial charge in [0, 0.05) is 37.9 Å². The van der Waals surface area contributed by atoms with E-state index >= 15 is 0 Å². The quantitative estimate of drug-likeness (QED) is 0.768. The molecule has 2 unspecified atom stereocenters. The Morgan fingerprint density at radius 3 is 2.81 bits per heavy atom. The number of nitrogens with two attached hydrogens (primary N) is 1. The first-order valence-electron chi connectivity index (χ1n) is 6.37. The first kappa shape index (κ1) is 12.3. The van der Waals surface area contributed by atoms with Gasteiger partial charge in [0.25, 0.3) is 0 Å². The van der Waals surface area contributed by atoms with Gasteiger partial charge in [-0.1, -0.05) is 0 Å². The average molecular weight is 228 g/mol. The van der Waals surface area contributed by atoms with Gasteiger partial charge in [-0.15, -0.1) is 0 Å². The highest BCUT2D eigenvalue weighted by atomic mass is 16.5. The van der Waals surface area contributed by atoms with E-state index in [1.807, 2.05) is 0 Å². The fourth-order valence-electron chi connectivity index (χ4n) is 2.91. The van der Waals surface area contributed by atoms with Crippen LogP contribution >= 0.6 is 0 Å². The molecule has 2 heterocycles.